The lowest BCUT2D eigenvalue weighted by Crippen LogP contribution is -1.98. The summed E-state index contributed by atoms with van der Waals surface area (Å²) < 4.78 is 0. The number of hydrogen-bond donors (Lipinski definition) is 1. The minimum atomic E-state index is 0.629. The predicted molar refractivity (Wildman–Crippen MR) is 70.6 cm³/mol. The van der Waals surface area contributed by atoms with Crippen molar-refractivity contribution < 1.29 is 5.21 Å². The van der Waals surface area contributed by atoms with Gasteiger partial charge in [-0.05, 0) is 25.0 Å². The molecule has 0 fully saturated rings. The van der Waals surface area contributed by atoms with Crippen molar-refractivity contribution in [3.63, 3.8) is 0 Å². The third-order valence-electron chi connectivity index (χ3n) is 2.80. The minimum Gasteiger partial charge on any atom is -0.411 e. The van der Waals surface area contributed by atoms with E-state index in [2.05, 4.69) is 30.3 Å². The van der Waals surface area contributed by atoms with Gasteiger partial charge in [0.05, 0.1) is 5.71 Å². The maximum Gasteiger partial charge on any atom is 0.0843 e. The first-order valence-electron chi connectivity index (χ1n) is 5.57. The number of oxime groups is 1. The fourth-order valence-electron chi connectivity index (χ4n) is 1.88. The van der Waals surface area contributed by atoms with Crippen molar-refractivity contribution in [2.45, 2.75) is 13.8 Å². The average Bonchev–Trinajstić information content (AvgIpc) is 2.39. The second kappa shape index (κ2) is 4.83. The Bertz CT molecular complexity index is 544. The second-order valence-corrected chi connectivity index (χ2v) is 4.10. The molecule has 0 heterocycles. The Kier molecular flexibility index (Phi) is 3.24. The van der Waals surface area contributed by atoms with E-state index >= 15 is 0 Å². The molecule has 2 rings (SSSR count). The van der Waals surface area contributed by atoms with E-state index in [4.69, 9.17) is 5.21 Å². The molecule has 2 aromatic rings. The summed E-state index contributed by atoms with van der Waals surface area (Å²) in [6, 6.07) is 16.3. The first-order valence-corrected chi connectivity index (χ1v) is 5.57. The molecule has 86 valence electrons. The number of hydrogen-bond acceptors (Lipinski definition) is 2. The van der Waals surface area contributed by atoms with Gasteiger partial charge in [0.1, 0.15) is 0 Å². The van der Waals surface area contributed by atoms with Gasteiger partial charge in [-0.25, -0.2) is 0 Å². The standard InChI is InChI=1S/C15H15NO/c1-11-8-9-14(12(2)16-17)15(10-11)13-6-4-3-5-7-13/h3-10,17H,1-2H3. The molecule has 0 saturated heterocycles. The van der Waals surface area contributed by atoms with Gasteiger partial charge < -0.3 is 5.21 Å². The summed E-state index contributed by atoms with van der Waals surface area (Å²) in [7, 11) is 0. The summed E-state index contributed by atoms with van der Waals surface area (Å²) in [5.41, 5.74) is 5.02. The quantitative estimate of drug-likeness (QED) is 0.470. The largest absolute Gasteiger partial charge is 0.411 e. The van der Waals surface area contributed by atoms with Gasteiger partial charge in [0, 0.05) is 5.56 Å². The van der Waals surface area contributed by atoms with Crippen molar-refractivity contribution in [1.82, 2.24) is 0 Å². The Hall–Kier alpha value is -2.09. The van der Waals surface area contributed by atoms with Crippen LogP contribution in [0.2, 0.25) is 0 Å². The van der Waals surface area contributed by atoms with Crippen molar-refractivity contribution in [3.05, 3.63) is 59.7 Å². The van der Waals surface area contributed by atoms with Crippen LogP contribution in [0.5, 0.6) is 0 Å². The van der Waals surface area contributed by atoms with Crippen molar-refractivity contribution in [2.24, 2.45) is 5.16 Å². The van der Waals surface area contributed by atoms with E-state index in [1.807, 2.05) is 30.3 Å². The van der Waals surface area contributed by atoms with Gasteiger partial charge in [-0.1, -0.05) is 59.3 Å². The Morgan fingerprint density at radius 3 is 2.41 bits per heavy atom. The fourth-order valence-corrected chi connectivity index (χ4v) is 1.88. The molecular formula is C15H15NO. The fraction of sp³-hybridized carbons (Fsp3) is 0.133. The Morgan fingerprint density at radius 1 is 1.06 bits per heavy atom. The molecule has 0 bridgehead atoms. The van der Waals surface area contributed by atoms with Gasteiger partial charge in [0.15, 0.2) is 0 Å². The smallest absolute Gasteiger partial charge is 0.0843 e. The van der Waals surface area contributed by atoms with Gasteiger partial charge in [-0.2, -0.15) is 0 Å². The molecule has 0 spiro atoms. The molecule has 2 heteroatoms. The lowest BCUT2D eigenvalue weighted by molar-refractivity contribution is 0.319. The van der Waals surface area contributed by atoms with Crippen LogP contribution >= 0.6 is 0 Å². The number of aryl methyl sites for hydroxylation is 1. The molecule has 1 N–H and O–H groups in total. The van der Waals surface area contributed by atoms with Crippen LogP contribution in [-0.2, 0) is 0 Å². The van der Waals surface area contributed by atoms with Crippen LogP contribution in [0, 0.1) is 6.92 Å². The maximum absolute atomic E-state index is 8.92. The Labute approximate surface area is 101 Å². The SMILES string of the molecule is CC(=NO)c1ccc(C)cc1-c1ccccc1. The highest BCUT2D eigenvalue weighted by molar-refractivity contribution is 6.04. The zero-order valence-electron chi connectivity index (χ0n) is 10.0. The van der Waals surface area contributed by atoms with Crippen molar-refractivity contribution >= 4 is 5.71 Å². The lowest BCUT2D eigenvalue weighted by atomic mass is 9.95. The molecule has 0 amide bonds. The summed E-state index contributed by atoms with van der Waals surface area (Å²) in [6.45, 7) is 3.86. The molecular weight excluding hydrogens is 210 g/mol. The molecule has 0 aliphatic carbocycles. The molecule has 0 unspecified atom stereocenters. The van der Waals surface area contributed by atoms with Crippen LogP contribution in [0.3, 0.4) is 0 Å². The Morgan fingerprint density at radius 2 is 1.76 bits per heavy atom. The summed E-state index contributed by atoms with van der Waals surface area (Å²) in [4.78, 5) is 0. The van der Waals surface area contributed by atoms with Crippen LogP contribution in [0.25, 0.3) is 11.1 Å². The average molecular weight is 225 g/mol. The van der Waals surface area contributed by atoms with Crippen molar-refractivity contribution in [2.75, 3.05) is 0 Å². The minimum absolute atomic E-state index is 0.629. The number of benzene rings is 2. The van der Waals surface area contributed by atoms with Gasteiger partial charge in [0.25, 0.3) is 0 Å². The molecule has 0 aliphatic rings. The summed E-state index contributed by atoms with van der Waals surface area (Å²) >= 11 is 0. The van der Waals surface area contributed by atoms with E-state index in [0.29, 0.717) is 5.71 Å². The lowest BCUT2D eigenvalue weighted by Gasteiger charge is -2.09. The van der Waals surface area contributed by atoms with Gasteiger partial charge in [-0.15, -0.1) is 0 Å². The molecule has 17 heavy (non-hydrogen) atoms. The molecule has 0 aromatic heterocycles. The van der Waals surface area contributed by atoms with E-state index in [1.54, 1.807) is 6.92 Å². The highest BCUT2D eigenvalue weighted by Crippen LogP contribution is 2.25. The third kappa shape index (κ3) is 2.36. The molecule has 0 aliphatic heterocycles. The monoisotopic (exact) mass is 225 g/mol. The van der Waals surface area contributed by atoms with Crippen molar-refractivity contribution in [3.8, 4) is 11.1 Å². The van der Waals surface area contributed by atoms with E-state index in [0.717, 1.165) is 16.7 Å². The van der Waals surface area contributed by atoms with E-state index in [1.165, 1.54) is 5.56 Å². The molecule has 0 saturated carbocycles. The molecule has 2 nitrogen and oxygen atoms in total. The molecule has 0 atom stereocenters. The zero-order chi connectivity index (χ0) is 12.3. The molecule has 2 aromatic carbocycles. The summed E-state index contributed by atoms with van der Waals surface area (Å²) in [6.07, 6.45) is 0. The van der Waals surface area contributed by atoms with E-state index in [-0.39, 0.29) is 0 Å². The normalized spacial score (nSPS) is 11.5. The Balaban J connectivity index is 2.63. The van der Waals surface area contributed by atoms with Crippen LogP contribution in [0.15, 0.2) is 53.7 Å². The third-order valence-corrected chi connectivity index (χ3v) is 2.80. The first-order chi connectivity index (χ1) is 8.22. The van der Waals surface area contributed by atoms with Crippen LogP contribution in [-0.4, -0.2) is 10.9 Å². The first kappa shape index (κ1) is 11.4. The van der Waals surface area contributed by atoms with Gasteiger partial charge in [-0.3, -0.25) is 0 Å². The summed E-state index contributed by atoms with van der Waals surface area (Å²) in [5, 5.41) is 12.2. The maximum atomic E-state index is 8.92. The highest BCUT2D eigenvalue weighted by atomic mass is 16.4. The second-order valence-electron chi connectivity index (χ2n) is 4.10. The topological polar surface area (TPSA) is 32.6 Å². The summed E-state index contributed by atoms with van der Waals surface area (Å²) in [5.74, 6) is 0. The predicted octanol–water partition coefficient (Wildman–Crippen LogP) is 3.86. The van der Waals surface area contributed by atoms with Crippen molar-refractivity contribution in [1.29, 1.82) is 0 Å². The van der Waals surface area contributed by atoms with Gasteiger partial charge >= 0.3 is 0 Å². The number of rotatable bonds is 2. The van der Waals surface area contributed by atoms with E-state index in [9.17, 15) is 0 Å². The van der Waals surface area contributed by atoms with Crippen LogP contribution in [0.1, 0.15) is 18.1 Å². The number of nitrogens with zero attached hydrogens (tertiary/aromatic N) is 1. The zero-order valence-corrected chi connectivity index (χ0v) is 10.0. The van der Waals surface area contributed by atoms with E-state index < -0.39 is 0 Å². The van der Waals surface area contributed by atoms with Crippen LogP contribution < -0.4 is 0 Å². The van der Waals surface area contributed by atoms with Gasteiger partial charge in [0.2, 0.25) is 0 Å². The molecule has 0 radical (unpaired) electrons. The highest BCUT2D eigenvalue weighted by Gasteiger charge is 2.08. The van der Waals surface area contributed by atoms with Crippen LogP contribution in [0.4, 0.5) is 0 Å².